The number of aromatic amines is 1. The molecule has 0 fully saturated rings. The lowest BCUT2D eigenvalue weighted by Crippen LogP contribution is -2.12. The van der Waals surface area contributed by atoms with Crippen LogP contribution in [-0.2, 0) is 12.8 Å². The zero-order valence-electron chi connectivity index (χ0n) is 13.0. The van der Waals surface area contributed by atoms with E-state index < -0.39 is 11.6 Å². The van der Waals surface area contributed by atoms with E-state index in [1.165, 1.54) is 22.3 Å². The molecular weight excluding hydrogens is 366 g/mol. The van der Waals surface area contributed by atoms with Gasteiger partial charge in [0.2, 0.25) is 0 Å². The predicted molar refractivity (Wildman–Crippen MR) is 97.0 cm³/mol. The summed E-state index contributed by atoms with van der Waals surface area (Å²) in [7, 11) is 0. The van der Waals surface area contributed by atoms with Crippen molar-refractivity contribution in [1.29, 1.82) is 0 Å². The fourth-order valence-electron chi connectivity index (χ4n) is 3.11. The monoisotopic (exact) mass is 378 g/mol. The molecule has 1 N–H and O–H groups in total. The second-order valence-corrected chi connectivity index (χ2v) is 7.45. The SMILES string of the molecule is O=c1[nH]c(/C(Cl)=C/c2cc(F)ccc2F)nc2sc3c(c12)CCCC3. The Morgan fingerprint density at radius 3 is 2.92 bits per heavy atom. The predicted octanol–water partition coefficient (Wildman–Crippen LogP) is 4.88. The van der Waals surface area contributed by atoms with E-state index in [1.54, 1.807) is 0 Å². The molecule has 128 valence electrons. The molecule has 0 saturated carbocycles. The Hall–Kier alpha value is -2.05. The molecule has 7 heteroatoms. The Labute approximate surface area is 151 Å². The Morgan fingerprint density at radius 2 is 2.08 bits per heavy atom. The summed E-state index contributed by atoms with van der Waals surface area (Å²) in [6, 6.07) is 3.10. The van der Waals surface area contributed by atoms with Crippen molar-refractivity contribution in [3.8, 4) is 0 Å². The first kappa shape index (κ1) is 16.4. The average molecular weight is 379 g/mol. The second kappa shape index (κ2) is 6.35. The van der Waals surface area contributed by atoms with Gasteiger partial charge in [-0.15, -0.1) is 11.3 Å². The molecule has 1 aliphatic carbocycles. The second-order valence-electron chi connectivity index (χ2n) is 5.96. The van der Waals surface area contributed by atoms with Gasteiger partial charge in [-0.3, -0.25) is 4.79 Å². The molecule has 3 nitrogen and oxygen atoms in total. The molecule has 0 bridgehead atoms. The minimum atomic E-state index is -0.602. The number of H-pyrrole nitrogens is 1. The molecule has 0 saturated heterocycles. The van der Waals surface area contributed by atoms with Gasteiger partial charge in [0.15, 0.2) is 5.82 Å². The van der Waals surface area contributed by atoms with Crippen LogP contribution in [0.15, 0.2) is 23.0 Å². The molecule has 0 amide bonds. The minimum absolute atomic E-state index is 0.00165. The Bertz CT molecular complexity index is 1070. The molecule has 4 rings (SSSR count). The highest BCUT2D eigenvalue weighted by Crippen LogP contribution is 2.34. The average Bonchev–Trinajstić information content (AvgIpc) is 2.97. The number of rotatable bonds is 2. The summed E-state index contributed by atoms with van der Waals surface area (Å²) in [5, 5.41) is 0.680. The summed E-state index contributed by atoms with van der Waals surface area (Å²) in [4.78, 5) is 21.4. The van der Waals surface area contributed by atoms with Crippen LogP contribution in [-0.4, -0.2) is 9.97 Å². The minimum Gasteiger partial charge on any atom is -0.305 e. The standard InChI is InChI=1S/C18H13ClF2N2OS/c19-12(8-9-7-10(20)5-6-13(9)21)16-22-17(24)15-11-3-1-2-4-14(11)25-18(15)23-16/h5-8H,1-4H2,(H,22,23,24)/b12-8-. The quantitative estimate of drug-likeness (QED) is 0.690. The highest BCUT2D eigenvalue weighted by Gasteiger charge is 2.20. The van der Waals surface area contributed by atoms with Crippen molar-refractivity contribution in [2.75, 3.05) is 0 Å². The highest BCUT2D eigenvalue weighted by atomic mass is 35.5. The Balaban J connectivity index is 1.83. The molecule has 0 atom stereocenters. The molecular formula is C18H13ClF2N2OS. The number of aryl methyl sites for hydroxylation is 2. The van der Waals surface area contributed by atoms with Crippen LogP contribution in [0.4, 0.5) is 8.78 Å². The summed E-state index contributed by atoms with van der Waals surface area (Å²) < 4.78 is 27.1. The lowest BCUT2D eigenvalue weighted by atomic mass is 9.97. The molecule has 2 aromatic heterocycles. The molecule has 0 radical (unpaired) electrons. The van der Waals surface area contributed by atoms with E-state index in [-0.39, 0.29) is 22.0 Å². The third-order valence-corrected chi connectivity index (χ3v) is 5.77. The van der Waals surface area contributed by atoms with E-state index in [9.17, 15) is 13.6 Å². The lowest BCUT2D eigenvalue weighted by molar-refractivity contribution is 0.598. The van der Waals surface area contributed by atoms with Crippen molar-refractivity contribution in [2.45, 2.75) is 25.7 Å². The fraction of sp³-hybridized carbons (Fsp3) is 0.222. The van der Waals surface area contributed by atoms with Crippen LogP contribution < -0.4 is 5.56 Å². The number of hydrogen-bond acceptors (Lipinski definition) is 3. The van der Waals surface area contributed by atoms with E-state index in [0.717, 1.165) is 49.4 Å². The smallest absolute Gasteiger partial charge is 0.260 e. The normalized spacial score (nSPS) is 14.8. The van der Waals surface area contributed by atoms with Crippen LogP contribution in [0.2, 0.25) is 0 Å². The maximum atomic E-state index is 13.8. The first-order valence-corrected chi connectivity index (χ1v) is 9.09. The van der Waals surface area contributed by atoms with Gasteiger partial charge < -0.3 is 4.98 Å². The van der Waals surface area contributed by atoms with Gasteiger partial charge in [0.25, 0.3) is 5.56 Å². The van der Waals surface area contributed by atoms with Crippen LogP contribution >= 0.6 is 22.9 Å². The van der Waals surface area contributed by atoms with Crippen molar-refractivity contribution in [1.82, 2.24) is 9.97 Å². The van der Waals surface area contributed by atoms with E-state index in [1.807, 2.05) is 0 Å². The topological polar surface area (TPSA) is 45.8 Å². The van der Waals surface area contributed by atoms with E-state index in [2.05, 4.69) is 9.97 Å². The molecule has 1 aromatic carbocycles. The maximum Gasteiger partial charge on any atom is 0.260 e. The van der Waals surface area contributed by atoms with Crippen molar-refractivity contribution < 1.29 is 8.78 Å². The Morgan fingerprint density at radius 1 is 1.28 bits per heavy atom. The molecule has 2 heterocycles. The van der Waals surface area contributed by atoms with Crippen molar-refractivity contribution >= 4 is 44.3 Å². The molecule has 25 heavy (non-hydrogen) atoms. The number of hydrogen-bond donors (Lipinski definition) is 1. The summed E-state index contributed by atoms with van der Waals surface area (Å²) in [6.45, 7) is 0. The Kier molecular flexibility index (Phi) is 4.17. The van der Waals surface area contributed by atoms with Gasteiger partial charge in [-0.25, -0.2) is 13.8 Å². The van der Waals surface area contributed by atoms with Gasteiger partial charge in [0.1, 0.15) is 16.5 Å². The van der Waals surface area contributed by atoms with Crippen LogP contribution in [0, 0.1) is 11.6 Å². The number of fused-ring (bicyclic) bond motifs is 3. The maximum absolute atomic E-state index is 13.8. The number of benzene rings is 1. The summed E-state index contributed by atoms with van der Waals surface area (Å²) >= 11 is 7.71. The van der Waals surface area contributed by atoms with Crippen LogP contribution in [0.25, 0.3) is 21.3 Å². The molecule has 3 aromatic rings. The van der Waals surface area contributed by atoms with Gasteiger partial charge in [-0.2, -0.15) is 0 Å². The zero-order valence-corrected chi connectivity index (χ0v) is 14.6. The summed E-state index contributed by atoms with van der Waals surface area (Å²) in [6.07, 6.45) is 5.29. The summed E-state index contributed by atoms with van der Waals surface area (Å²) in [5.74, 6) is -1.02. The van der Waals surface area contributed by atoms with Gasteiger partial charge in [-0.05, 0) is 55.5 Å². The van der Waals surface area contributed by atoms with Crippen molar-refractivity contribution in [3.63, 3.8) is 0 Å². The number of nitrogens with zero attached hydrogens (tertiary/aromatic N) is 1. The fourth-order valence-corrected chi connectivity index (χ4v) is 4.58. The van der Waals surface area contributed by atoms with E-state index in [4.69, 9.17) is 11.6 Å². The number of halogens is 3. The molecule has 1 aliphatic rings. The number of thiophene rings is 1. The van der Waals surface area contributed by atoms with Gasteiger partial charge in [0, 0.05) is 10.4 Å². The third kappa shape index (κ3) is 3.00. The first-order valence-electron chi connectivity index (χ1n) is 7.90. The van der Waals surface area contributed by atoms with Crippen molar-refractivity contribution in [3.05, 3.63) is 62.0 Å². The first-order chi connectivity index (χ1) is 12.0. The van der Waals surface area contributed by atoms with E-state index >= 15 is 0 Å². The van der Waals surface area contributed by atoms with Gasteiger partial charge in [-0.1, -0.05) is 11.6 Å². The van der Waals surface area contributed by atoms with Crippen LogP contribution in [0.1, 0.15) is 34.7 Å². The highest BCUT2D eigenvalue weighted by molar-refractivity contribution is 7.18. The molecule has 0 spiro atoms. The van der Waals surface area contributed by atoms with Crippen LogP contribution in [0.5, 0.6) is 0 Å². The van der Waals surface area contributed by atoms with E-state index in [0.29, 0.717) is 10.2 Å². The van der Waals surface area contributed by atoms with Gasteiger partial charge >= 0.3 is 0 Å². The zero-order chi connectivity index (χ0) is 17.6. The number of nitrogens with one attached hydrogen (secondary N) is 1. The van der Waals surface area contributed by atoms with Crippen LogP contribution in [0.3, 0.4) is 0 Å². The largest absolute Gasteiger partial charge is 0.305 e. The van der Waals surface area contributed by atoms with Crippen molar-refractivity contribution in [2.24, 2.45) is 0 Å². The number of aromatic nitrogens is 2. The van der Waals surface area contributed by atoms with Gasteiger partial charge in [0.05, 0.1) is 10.4 Å². The lowest BCUT2D eigenvalue weighted by Gasteiger charge is -2.09. The molecule has 0 aliphatic heterocycles. The summed E-state index contributed by atoms with van der Waals surface area (Å²) in [5.41, 5.74) is 0.840. The third-order valence-electron chi connectivity index (χ3n) is 4.29. The molecule has 0 unspecified atom stereocenters.